The average molecular weight is 137 g/mol. The number of rotatable bonds is 1. The second-order valence-corrected chi connectivity index (χ2v) is 3.79. The molecule has 2 rings (SSSR count). The molecule has 0 aliphatic heterocycles. The van der Waals surface area contributed by atoms with Gasteiger partial charge in [0.1, 0.15) is 0 Å². The van der Waals surface area contributed by atoms with E-state index in [2.05, 4.69) is 13.0 Å². The first kappa shape index (κ1) is 6.41. The lowest BCUT2D eigenvalue weighted by atomic mass is 9.67. The van der Waals surface area contributed by atoms with Crippen LogP contribution >= 0.6 is 0 Å². The zero-order valence-electron chi connectivity index (χ0n) is 6.51. The molecule has 0 heterocycles. The predicted molar refractivity (Wildman–Crippen MR) is 42.5 cm³/mol. The van der Waals surface area contributed by atoms with Gasteiger partial charge in [-0.1, -0.05) is 11.6 Å². The summed E-state index contributed by atoms with van der Waals surface area (Å²) in [5.74, 6) is 2.67. The lowest BCUT2D eigenvalue weighted by Crippen LogP contribution is -2.37. The van der Waals surface area contributed by atoms with Gasteiger partial charge in [-0.2, -0.15) is 0 Å². The van der Waals surface area contributed by atoms with E-state index >= 15 is 0 Å². The van der Waals surface area contributed by atoms with Crippen molar-refractivity contribution in [3.05, 3.63) is 11.6 Å². The Bertz CT molecular complexity index is 172. The van der Waals surface area contributed by atoms with Crippen LogP contribution < -0.4 is 5.73 Å². The Kier molecular flexibility index (Phi) is 1.34. The lowest BCUT2D eigenvalue weighted by Gasteiger charge is -2.39. The molecule has 0 radical (unpaired) electrons. The first-order valence-electron chi connectivity index (χ1n) is 4.18. The molecule has 0 amide bonds. The second kappa shape index (κ2) is 2.09. The molecule has 0 unspecified atom stereocenters. The van der Waals surface area contributed by atoms with E-state index in [-0.39, 0.29) is 0 Å². The Morgan fingerprint density at radius 1 is 1.70 bits per heavy atom. The van der Waals surface area contributed by atoms with Gasteiger partial charge in [0.25, 0.3) is 0 Å². The van der Waals surface area contributed by atoms with Crippen LogP contribution in [-0.2, 0) is 0 Å². The van der Waals surface area contributed by atoms with Crippen LogP contribution in [0.2, 0.25) is 0 Å². The maximum Gasteiger partial charge on any atom is -0.00430 e. The van der Waals surface area contributed by atoms with Crippen molar-refractivity contribution in [2.75, 3.05) is 6.54 Å². The Morgan fingerprint density at radius 3 is 3.10 bits per heavy atom. The Hall–Kier alpha value is -0.300. The summed E-state index contributed by atoms with van der Waals surface area (Å²) >= 11 is 0. The van der Waals surface area contributed by atoms with Crippen LogP contribution in [0, 0.1) is 17.8 Å². The van der Waals surface area contributed by atoms with Crippen molar-refractivity contribution in [2.24, 2.45) is 23.5 Å². The topological polar surface area (TPSA) is 26.0 Å². The molecule has 1 fully saturated rings. The van der Waals surface area contributed by atoms with E-state index in [0.717, 1.165) is 24.3 Å². The molecule has 2 aliphatic carbocycles. The third-order valence-corrected chi connectivity index (χ3v) is 3.06. The molecule has 1 nitrogen and oxygen atoms in total. The maximum absolute atomic E-state index is 5.61. The van der Waals surface area contributed by atoms with Gasteiger partial charge in [0, 0.05) is 0 Å². The van der Waals surface area contributed by atoms with Crippen molar-refractivity contribution in [2.45, 2.75) is 19.8 Å². The van der Waals surface area contributed by atoms with Crippen LogP contribution in [0.4, 0.5) is 0 Å². The van der Waals surface area contributed by atoms with Gasteiger partial charge in [0.05, 0.1) is 0 Å². The van der Waals surface area contributed by atoms with Crippen LogP contribution in [0.1, 0.15) is 19.8 Å². The Labute approximate surface area is 62.3 Å². The summed E-state index contributed by atoms with van der Waals surface area (Å²) < 4.78 is 0. The number of allylic oxidation sites excluding steroid dienone is 2. The lowest BCUT2D eigenvalue weighted by molar-refractivity contribution is 0.137. The molecule has 1 heteroatoms. The normalized spacial score (nSPS) is 44.2. The standard InChI is InChI=1S/C9H15N/c1-6-2-7-4-8(5-10)9(7)3-6/h3,7-9H,2,4-5,10H2,1H3/t7-,8+,9+/m0/s1. The number of fused-ring (bicyclic) bond motifs is 1. The highest BCUT2D eigenvalue weighted by Crippen LogP contribution is 2.49. The van der Waals surface area contributed by atoms with Gasteiger partial charge in [0.15, 0.2) is 0 Å². The fraction of sp³-hybridized carbons (Fsp3) is 0.778. The fourth-order valence-corrected chi connectivity index (χ4v) is 2.45. The van der Waals surface area contributed by atoms with Gasteiger partial charge >= 0.3 is 0 Å². The molecule has 10 heavy (non-hydrogen) atoms. The van der Waals surface area contributed by atoms with Gasteiger partial charge in [-0.15, -0.1) is 0 Å². The fourth-order valence-electron chi connectivity index (χ4n) is 2.45. The molecular formula is C9H15N. The monoisotopic (exact) mass is 137 g/mol. The summed E-state index contributed by atoms with van der Waals surface area (Å²) in [6.07, 6.45) is 5.17. The molecular weight excluding hydrogens is 122 g/mol. The average Bonchev–Trinajstić information content (AvgIpc) is 2.15. The van der Waals surface area contributed by atoms with Gasteiger partial charge in [-0.3, -0.25) is 0 Å². The number of nitrogens with two attached hydrogens (primary N) is 1. The van der Waals surface area contributed by atoms with E-state index in [9.17, 15) is 0 Å². The smallest absolute Gasteiger partial charge is 0.00430 e. The molecule has 0 aromatic rings. The Balaban J connectivity index is 2.03. The summed E-state index contributed by atoms with van der Waals surface area (Å²) in [5, 5.41) is 0. The van der Waals surface area contributed by atoms with Crippen molar-refractivity contribution in [3.63, 3.8) is 0 Å². The molecule has 3 atom stereocenters. The van der Waals surface area contributed by atoms with Crippen molar-refractivity contribution < 1.29 is 0 Å². The molecule has 0 saturated heterocycles. The summed E-state index contributed by atoms with van der Waals surface area (Å²) in [7, 11) is 0. The Morgan fingerprint density at radius 2 is 2.50 bits per heavy atom. The SMILES string of the molecule is CC1=C[C@H]2[C@@H](CN)C[C@@H]2C1. The molecule has 0 aromatic carbocycles. The van der Waals surface area contributed by atoms with Crippen molar-refractivity contribution in [1.82, 2.24) is 0 Å². The van der Waals surface area contributed by atoms with E-state index < -0.39 is 0 Å². The molecule has 0 spiro atoms. The van der Waals surface area contributed by atoms with Gasteiger partial charge in [-0.25, -0.2) is 0 Å². The summed E-state index contributed by atoms with van der Waals surface area (Å²) in [6.45, 7) is 3.14. The summed E-state index contributed by atoms with van der Waals surface area (Å²) in [5.41, 5.74) is 7.19. The highest BCUT2D eigenvalue weighted by molar-refractivity contribution is 5.17. The minimum Gasteiger partial charge on any atom is -0.330 e. The molecule has 0 bridgehead atoms. The first-order chi connectivity index (χ1) is 4.81. The number of hydrogen-bond donors (Lipinski definition) is 1. The van der Waals surface area contributed by atoms with Crippen molar-refractivity contribution >= 4 is 0 Å². The van der Waals surface area contributed by atoms with E-state index in [1.165, 1.54) is 12.8 Å². The maximum atomic E-state index is 5.61. The zero-order chi connectivity index (χ0) is 7.14. The van der Waals surface area contributed by atoms with E-state index in [1.807, 2.05) is 0 Å². The van der Waals surface area contributed by atoms with Gasteiger partial charge < -0.3 is 5.73 Å². The van der Waals surface area contributed by atoms with Crippen molar-refractivity contribution in [1.29, 1.82) is 0 Å². The van der Waals surface area contributed by atoms with Gasteiger partial charge in [-0.05, 0) is 44.1 Å². The molecule has 2 aliphatic rings. The second-order valence-electron chi connectivity index (χ2n) is 3.79. The zero-order valence-corrected chi connectivity index (χ0v) is 6.51. The van der Waals surface area contributed by atoms with Gasteiger partial charge in [0.2, 0.25) is 0 Å². The highest BCUT2D eigenvalue weighted by Gasteiger charge is 2.41. The quantitative estimate of drug-likeness (QED) is 0.545. The number of hydrogen-bond acceptors (Lipinski definition) is 1. The van der Waals surface area contributed by atoms with E-state index in [4.69, 9.17) is 5.73 Å². The van der Waals surface area contributed by atoms with Crippen LogP contribution in [0.15, 0.2) is 11.6 Å². The molecule has 56 valence electrons. The third kappa shape index (κ3) is 0.734. The predicted octanol–water partition coefficient (Wildman–Crippen LogP) is 1.55. The van der Waals surface area contributed by atoms with Crippen LogP contribution in [0.25, 0.3) is 0 Å². The van der Waals surface area contributed by atoms with Crippen LogP contribution in [0.3, 0.4) is 0 Å². The minimum absolute atomic E-state index is 0.822. The summed E-state index contributed by atoms with van der Waals surface area (Å²) in [4.78, 5) is 0. The van der Waals surface area contributed by atoms with E-state index in [1.54, 1.807) is 5.57 Å². The molecule has 2 N–H and O–H groups in total. The minimum atomic E-state index is 0.822. The van der Waals surface area contributed by atoms with Crippen LogP contribution in [0.5, 0.6) is 0 Å². The van der Waals surface area contributed by atoms with E-state index in [0.29, 0.717) is 0 Å². The third-order valence-electron chi connectivity index (χ3n) is 3.06. The largest absolute Gasteiger partial charge is 0.330 e. The molecule has 0 aromatic heterocycles. The van der Waals surface area contributed by atoms with Crippen LogP contribution in [-0.4, -0.2) is 6.54 Å². The highest BCUT2D eigenvalue weighted by atomic mass is 14.6. The summed E-state index contributed by atoms with van der Waals surface area (Å²) in [6, 6.07) is 0. The first-order valence-corrected chi connectivity index (χ1v) is 4.18. The molecule has 1 saturated carbocycles. The van der Waals surface area contributed by atoms with Crippen molar-refractivity contribution in [3.8, 4) is 0 Å².